The first-order valence-corrected chi connectivity index (χ1v) is 4.23. The summed E-state index contributed by atoms with van der Waals surface area (Å²) in [5.74, 6) is 0.794. The van der Waals surface area contributed by atoms with Crippen LogP contribution >= 0.6 is 0 Å². The van der Waals surface area contributed by atoms with E-state index in [0.29, 0.717) is 6.61 Å². The molecule has 0 unspecified atom stereocenters. The van der Waals surface area contributed by atoms with Crippen LogP contribution in [0, 0.1) is 0 Å². The van der Waals surface area contributed by atoms with Crippen LogP contribution in [0.25, 0.3) is 11.0 Å². The molecule has 0 N–H and O–H groups in total. The maximum absolute atomic E-state index is 5.32. The summed E-state index contributed by atoms with van der Waals surface area (Å²) in [6.45, 7) is 2.61. The van der Waals surface area contributed by atoms with E-state index in [1.165, 1.54) is 0 Å². The molecule has 0 saturated carbocycles. The van der Waals surface area contributed by atoms with Crippen molar-refractivity contribution in [1.29, 1.82) is 0 Å². The van der Waals surface area contributed by atoms with Crippen molar-refractivity contribution in [2.45, 2.75) is 6.92 Å². The van der Waals surface area contributed by atoms with Gasteiger partial charge in [0.2, 0.25) is 0 Å². The molecule has 0 spiro atoms. The molecule has 3 nitrogen and oxygen atoms in total. The molecule has 0 aliphatic rings. The van der Waals surface area contributed by atoms with Crippen molar-refractivity contribution in [2.75, 3.05) is 6.61 Å². The van der Waals surface area contributed by atoms with Crippen LogP contribution in [0.4, 0.5) is 0 Å². The summed E-state index contributed by atoms with van der Waals surface area (Å²) in [5, 5.41) is 1.01. The Kier molecular flexibility index (Phi) is 2.08. The van der Waals surface area contributed by atoms with Crippen molar-refractivity contribution < 1.29 is 4.74 Å². The Morgan fingerprint density at radius 1 is 1.38 bits per heavy atom. The van der Waals surface area contributed by atoms with E-state index < -0.39 is 0 Å². The van der Waals surface area contributed by atoms with Gasteiger partial charge in [0.15, 0.2) is 5.65 Å². The fourth-order valence-corrected chi connectivity index (χ4v) is 1.19. The van der Waals surface area contributed by atoms with Crippen molar-refractivity contribution in [3.8, 4) is 5.75 Å². The van der Waals surface area contributed by atoms with Crippen molar-refractivity contribution in [1.82, 2.24) is 9.97 Å². The lowest BCUT2D eigenvalue weighted by Crippen LogP contribution is -1.92. The van der Waals surface area contributed by atoms with E-state index in [0.717, 1.165) is 16.8 Å². The monoisotopic (exact) mass is 174 g/mol. The molecule has 0 saturated heterocycles. The SMILES string of the molecule is CCOc1cnc2ncccc2c1. The molecule has 2 heterocycles. The van der Waals surface area contributed by atoms with Crippen molar-refractivity contribution in [2.24, 2.45) is 0 Å². The zero-order chi connectivity index (χ0) is 9.10. The summed E-state index contributed by atoms with van der Waals surface area (Å²) in [4.78, 5) is 8.28. The highest BCUT2D eigenvalue weighted by molar-refractivity contribution is 5.75. The highest BCUT2D eigenvalue weighted by Crippen LogP contribution is 2.15. The Morgan fingerprint density at radius 2 is 2.31 bits per heavy atom. The van der Waals surface area contributed by atoms with E-state index in [4.69, 9.17) is 4.74 Å². The van der Waals surface area contributed by atoms with Crippen LogP contribution in [-0.2, 0) is 0 Å². The molecular formula is C10H10N2O. The van der Waals surface area contributed by atoms with Gasteiger partial charge < -0.3 is 4.74 Å². The minimum Gasteiger partial charge on any atom is -0.492 e. The van der Waals surface area contributed by atoms with Gasteiger partial charge in [-0.1, -0.05) is 0 Å². The van der Waals surface area contributed by atoms with Gasteiger partial charge in [-0.05, 0) is 25.1 Å². The molecule has 2 aromatic rings. The van der Waals surface area contributed by atoms with Crippen molar-refractivity contribution in [3.05, 3.63) is 30.6 Å². The predicted octanol–water partition coefficient (Wildman–Crippen LogP) is 2.03. The molecular weight excluding hydrogens is 164 g/mol. The van der Waals surface area contributed by atoms with E-state index in [1.807, 2.05) is 25.1 Å². The third-order valence-corrected chi connectivity index (χ3v) is 1.74. The maximum Gasteiger partial charge on any atom is 0.159 e. The summed E-state index contributed by atoms with van der Waals surface area (Å²) in [6.07, 6.45) is 3.43. The molecule has 3 heteroatoms. The predicted molar refractivity (Wildman–Crippen MR) is 50.7 cm³/mol. The second-order valence-electron chi connectivity index (χ2n) is 2.65. The zero-order valence-electron chi connectivity index (χ0n) is 7.40. The fourth-order valence-electron chi connectivity index (χ4n) is 1.19. The molecule has 2 rings (SSSR count). The normalized spacial score (nSPS) is 10.2. The van der Waals surface area contributed by atoms with E-state index in [9.17, 15) is 0 Å². The number of hydrogen-bond donors (Lipinski definition) is 0. The average molecular weight is 174 g/mol. The first kappa shape index (κ1) is 7.98. The fraction of sp³-hybridized carbons (Fsp3) is 0.200. The first-order chi connectivity index (χ1) is 6.40. The second-order valence-corrected chi connectivity index (χ2v) is 2.65. The molecule has 0 aliphatic carbocycles. The summed E-state index contributed by atoms with van der Waals surface area (Å²) in [6, 6.07) is 5.80. The van der Waals surface area contributed by atoms with Crippen LogP contribution in [0.15, 0.2) is 30.6 Å². The van der Waals surface area contributed by atoms with Gasteiger partial charge in [0.05, 0.1) is 12.8 Å². The lowest BCUT2D eigenvalue weighted by Gasteiger charge is -2.02. The summed E-state index contributed by atoms with van der Waals surface area (Å²) in [5.41, 5.74) is 0.756. The van der Waals surface area contributed by atoms with Gasteiger partial charge in [-0.2, -0.15) is 0 Å². The maximum atomic E-state index is 5.32. The minimum absolute atomic E-state index is 0.660. The van der Waals surface area contributed by atoms with Crippen LogP contribution in [0.5, 0.6) is 5.75 Å². The largest absolute Gasteiger partial charge is 0.492 e. The molecule has 2 aromatic heterocycles. The number of pyridine rings is 2. The van der Waals surface area contributed by atoms with Crippen LogP contribution in [0.3, 0.4) is 0 Å². The first-order valence-electron chi connectivity index (χ1n) is 4.23. The van der Waals surface area contributed by atoms with Gasteiger partial charge in [-0.3, -0.25) is 0 Å². The Morgan fingerprint density at radius 3 is 3.15 bits per heavy atom. The van der Waals surface area contributed by atoms with E-state index in [2.05, 4.69) is 9.97 Å². The summed E-state index contributed by atoms with van der Waals surface area (Å²) >= 11 is 0. The van der Waals surface area contributed by atoms with E-state index in [-0.39, 0.29) is 0 Å². The number of fused-ring (bicyclic) bond motifs is 1. The van der Waals surface area contributed by atoms with Gasteiger partial charge in [0.1, 0.15) is 5.75 Å². The molecule has 13 heavy (non-hydrogen) atoms. The quantitative estimate of drug-likeness (QED) is 0.698. The summed E-state index contributed by atoms with van der Waals surface area (Å²) < 4.78 is 5.32. The van der Waals surface area contributed by atoms with Crippen LogP contribution in [0.2, 0.25) is 0 Å². The smallest absolute Gasteiger partial charge is 0.159 e. The molecule has 66 valence electrons. The average Bonchev–Trinajstić information content (AvgIpc) is 2.18. The molecule has 0 amide bonds. The van der Waals surface area contributed by atoms with Gasteiger partial charge >= 0.3 is 0 Å². The van der Waals surface area contributed by atoms with Gasteiger partial charge in [-0.25, -0.2) is 9.97 Å². The molecule has 0 aromatic carbocycles. The molecule has 0 aliphatic heterocycles. The van der Waals surface area contributed by atoms with Crippen LogP contribution in [0.1, 0.15) is 6.92 Å². The number of rotatable bonds is 2. The minimum atomic E-state index is 0.660. The topological polar surface area (TPSA) is 35.0 Å². The summed E-state index contributed by atoms with van der Waals surface area (Å²) in [7, 11) is 0. The Balaban J connectivity index is 2.49. The van der Waals surface area contributed by atoms with Crippen LogP contribution in [-0.4, -0.2) is 16.6 Å². The van der Waals surface area contributed by atoms with Crippen LogP contribution < -0.4 is 4.74 Å². The lowest BCUT2D eigenvalue weighted by atomic mass is 10.3. The molecule has 0 fully saturated rings. The number of hydrogen-bond acceptors (Lipinski definition) is 3. The highest BCUT2D eigenvalue weighted by atomic mass is 16.5. The van der Waals surface area contributed by atoms with Gasteiger partial charge in [0, 0.05) is 11.6 Å². The van der Waals surface area contributed by atoms with Gasteiger partial charge in [-0.15, -0.1) is 0 Å². The number of nitrogens with zero attached hydrogens (tertiary/aromatic N) is 2. The lowest BCUT2D eigenvalue weighted by molar-refractivity contribution is 0.339. The Hall–Kier alpha value is -1.64. The van der Waals surface area contributed by atoms with Crippen molar-refractivity contribution >= 4 is 11.0 Å². The molecule has 0 bridgehead atoms. The molecule has 0 atom stereocenters. The van der Waals surface area contributed by atoms with Gasteiger partial charge in [0.25, 0.3) is 0 Å². The van der Waals surface area contributed by atoms with Crippen molar-refractivity contribution in [3.63, 3.8) is 0 Å². The Labute approximate surface area is 76.4 Å². The third kappa shape index (κ3) is 1.59. The number of aromatic nitrogens is 2. The second kappa shape index (κ2) is 3.39. The van der Waals surface area contributed by atoms with E-state index in [1.54, 1.807) is 12.4 Å². The van der Waals surface area contributed by atoms with E-state index >= 15 is 0 Å². The zero-order valence-corrected chi connectivity index (χ0v) is 7.40. The number of ether oxygens (including phenoxy) is 1. The highest BCUT2D eigenvalue weighted by Gasteiger charge is 1.97. The standard InChI is InChI=1S/C10H10N2O/c1-2-13-9-6-8-4-3-5-11-10(8)12-7-9/h3-7H,2H2,1H3. The Bertz CT molecular complexity index is 414. The molecule has 0 radical (unpaired) electrons. The third-order valence-electron chi connectivity index (χ3n) is 1.74.